The predicted molar refractivity (Wildman–Crippen MR) is 113 cm³/mol. The number of methoxy groups -OCH3 is 2. The van der Waals surface area contributed by atoms with Gasteiger partial charge in [0.1, 0.15) is 0 Å². The first kappa shape index (κ1) is 20.0. The van der Waals surface area contributed by atoms with Gasteiger partial charge in [0.25, 0.3) is 0 Å². The number of ether oxygens (including phenoxy) is 2. The molecule has 0 bridgehead atoms. The third-order valence-corrected chi connectivity index (χ3v) is 5.68. The van der Waals surface area contributed by atoms with Gasteiger partial charge in [0.15, 0.2) is 11.5 Å². The summed E-state index contributed by atoms with van der Waals surface area (Å²) in [5, 5.41) is 3.17. The molecule has 2 aromatic carbocycles. The normalized spacial score (nSPS) is 15.9. The molecule has 0 saturated heterocycles. The van der Waals surface area contributed by atoms with Gasteiger partial charge in [-0.25, -0.2) is 0 Å². The second kappa shape index (κ2) is 8.96. The Labute approximate surface area is 167 Å². The molecule has 148 valence electrons. The molecule has 1 N–H and O–H groups in total. The summed E-state index contributed by atoms with van der Waals surface area (Å²) in [6.07, 6.45) is 6.38. The fourth-order valence-corrected chi connectivity index (χ4v) is 4.04. The highest BCUT2D eigenvalue weighted by atomic mass is 16.5. The van der Waals surface area contributed by atoms with E-state index in [1.807, 2.05) is 49.4 Å². The van der Waals surface area contributed by atoms with E-state index in [0.717, 1.165) is 29.9 Å². The van der Waals surface area contributed by atoms with E-state index in [2.05, 4.69) is 17.4 Å². The Balaban J connectivity index is 1.76. The zero-order valence-electron chi connectivity index (χ0n) is 17.0. The molecule has 2 aromatic rings. The second-order valence-electron chi connectivity index (χ2n) is 7.48. The minimum atomic E-state index is -0.0533. The van der Waals surface area contributed by atoms with Gasteiger partial charge in [-0.2, -0.15) is 0 Å². The van der Waals surface area contributed by atoms with Crippen molar-refractivity contribution in [3.05, 3.63) is 65.2 Å². The molecule has 4 nitrogen and oxygen atoms in total. The summed E-state index contributed by atoms with van der Waals surface area (Å²) < 4.78 is 10.9. The summed E-state index contributed by atoms with van der Waals surface area (Å²) in [6.45, 7) is 2.49. The highest BCUT2D eigenvalue weighted by molar-refractivity contribution is 5.97. The Kier molecular flexibility index (Phi) is 6.40. The van der Waals surface area contributed by atoms with Crippen LogP contribution in [0.1, 0.15) is 43.7 Å². The molecule has 0 aliphatic heterocycles. The Morgan fingerprint density at radius 3 is 2.36 bits per heavy atom. The third kappa shape index (κ3) is 4.38. The minimum Gasteiger partial charge on any atom is -0.493 e. The van der Waals surface area contributed by atoms with E-state index in [9.17, 15) is 4.79 Å². The number of rotatable bonds is 7. The molecule has 0 aromatic heterocycles. The zero-order valence-corrected chi connectivity index (χ0v) is 17.0. The van der Waals surface area contributed by atoms with E-state index in [1.165, 1.54) is 18.4 Å². The van der Waals surface area contributed by atoms with Crippen molar-refractivity contribution in [3.63, 3.8) is 0 Å². The molecule has 0 spiro atoms. The van der Waals surface area contributed by atoms with Crippen LogP contribution in [0.2, 0.25) is 0 Å². The number of hydrogen-bond donors (Lipinski definition) is 1. The van der Waals surface area contributed by atoms with Gasteiger partial charge in [-0.15, -0.1) is 0 Å². The van der Waals surface area contributed by atoms with Crippen LogP contribution in [0.3, 0.4) is 0 Å². The molecule has 3 rings (SSSR count). The summed E-state index contributed by atoms with van der Waals surface area (Å²) in [4.78, 5) is 12.7. The summed E-state index contributed by atoms with van der Waals surface area (Å²) in [5.41, 5.74) is 2.90. The van der Waals surface area contributed by atoms with E-state index >= 15 is 0 Å². The molecule has 0 heterocycles. The smallest absolute Gasteiger partial charge is 0.246 e. The SMILES string of the molecule is COc1ccc(C2(CNC(=O)/C(C)=C/c3ccccc3)CCCC2)cc1OC. The second-order valence-corrected chi connectivity index (χ2v) is 7.48. The lowest BCUT2D eigenvalue weighted by molar-refractivity contribution is -0.117. The van der Waals surface area contributed by atoms with Crippen molar-refractivity contribution in [1.82, 2.24) is 5.32 Å². The van der Waals surface area contributed by atoms with Gasteiger partial charge in [-0.3, -0.25) is 4.79 Å². The lowest BCUT2D eigenvalue weighted by Crippen LogP contribution is -2.39. The maximum Gasteiger partial charge on any atom is 0.246 e. The monoisotopic (exact) mass is 379 g/mol. The molecule has 1 aliphatic rings. The van der Waals surface area contributed by atoms with Crippen LogP contribution in [0, 0.1) is 0 Å². The summed E-state index contributed by atoms with van der Waals surface area (Å²) >= 11 is 0. The van der Waals surface area contributed by atoms with Crippen LogP contribution in [-0.4, -0.2) is 26.7 Å². The molecule has 1 saturated carbocycles. The number of benzene rings is 2. The zero-order chi connectivity index (χ0) is 20.0. The van der Waals surface area contributed by atoms with Crippen molar-refractivity contribution in [3.8, 4) is 11.5 Å². The quantitative estimate of drug-likeness (QED) is 0.707. The molecule has 1 fully saturated rings. The number of carbonyl (C=O) groups is 1. The van der Waals surface area contributed by atoms with Gasteiger partial charge in [0.2, 0.25) is 5.91 Å². The molecule has 0 unspecified atom stereocenters. The Morgan fingerprint density at radius 1 is 1.04 bits per heavy atom. The van der Waals surface area contributed by atoms with Crippen molar-refractivity contribution in [2.45, 2.75) is 38.0 Å². The third-order valence-electron chi connectivity index (χ3n) is 5.68. The van der Waals surface area contributed by atoms with Crippen LogP contribution in [0.5, 0.6) is 11.5 Å². The first-order chi connectivity index (χ1) is 13.6. The molecule has 4 heteroatoms. The van der Waals surface area contributed by atoms with Crippen molar-refractivity contribution < 1.29 is 14.3 Å². The predicted octanol–water partition coefficient (Wildman–Crippen LogP) is 4.74. The van der Waals surface area contributed by atoms with Crippen LogP contribution < -0.4 is 14.8 Å². The van der Waals surface area contributed by atoms with Gasteiger partial charge < -0.3 is 14.8 Å². The van der Waals surface area contributed by atoms with E-state index in [0.29, 0.717) is 12.1 Å². The van der Waals surface area contributed by atoms with Crippen LogP contribution in [-0.2, 0) is 10.2 Å². The Bertz CT molecular complexity index is 836. The van der Waals surface area contributed by atoms with Gasteiger partial charge in [0, 0.05) is 17.5 Å². The fourth-order valence-electron chi connectivity index (χ4n) is 4.04. The summed E-state index contributed by atoms with van der Waals surface area (Å²) in [5.74, 6) is 1.44. The van der Waals surface area contributed by atoms with Gasteiger partial charge in [0.05, 0.1) is 14.2 Å². The molecular formula is C24H29NO3. The van der Waals surface area contributed by atoms with Gasteiger partial charge in [-0.1, -0.05) is 49.2 Å². The number of amides is 1. The number of hydrogen-bond acceptors (Lipinski definition) is 3. The summed E-state index contributed by atoms with van der Waals surface area (Å²) in [7, 11) is 3.30. The lowest BCUT2D eigenvalue weighted by atomic mass is 9.78. The highest BCUT2D eigenvalue weighted by Gasteiger charge is 2.36. The first-order valence-corrected chi connectivity index (χ1v) is 9.82. The van der Waals surface area contributed by atoms with Crippen molar-refractivity contribution in [2.24, 2.45) is 0 Å². The largest absolute Gasteiger partial charge is 0.493 e. The molecule has 0 radical (unpaired) electrons. The Hall–Kier alpha value is -2.75. The van der Waals surface area contributed by atoms with Crippen LogP contribution in [0.4, 0.5) is 0 Å². The molecule has 1 aliphatic carbocycles. The number of carbonyl (C=O) groups excluding carboxylic acids is 1. The molecule has 1 amide bonds. The molecule has 28 heavy (non-hydrogen) atoms. The fraction of sp³-hybridized carbons (Fsp3) is 0.375. The molecule has 0 atom stereocenters. The van der Waals surface area contributed by atoms with Gasteiger partial charge >= 0.3 is 0 Å². The standard InChI is InChI=1S/C24H29NO3/c1-18(15-19-9-5-4-6-10-19)23(26)25-17-24(13-7-8-14-24)20-11-12-21(27-2)22(16-20)28-3/h4-6,9-12,15-16H,7-8,13-14,17H2,1-3H3,(H,25,26)/b18-15+. The number of nitrogens with one attached hydrogen (secondary N) is 1. The highest BCUT2D eigenvalue weighted by Crippen LogP contribution is 2.43. The molecular weight excluding hydrogens is 350 g/mol. The van der Waals surface area contributed by atoms with Crippen molar-refractivity contribution in [2.75, 3.05) is 20.8 Å². The van der Waals surface area contributed by atoms with Crippen LogP contribution >= 0.6 is 0 Å². The van der Waals surface area contributed by atoms with E-state index in [1.54, 1.807) is 14.2 Å². The minimum absolute atomic E-state index is 0.0180. The lowest BCUT2D eigenvalue weighted by Gasteiger charge is -2.30. The van der Waals surface area contributed by atoms with Crippen molar-refractivity contribution in [1.29, 1.82) is 0 Å². The maximum absolute atomic E-state index is 12.7. The van der Waals surface area contributed by atoms with E-state index < -0.39 is 0 Å². The first-order valence-electron chi connectivity index (χ1n) is 9.82. The van der Waals surface area contributed by atoms with Crippen molar-refractivity contribution >= 4 is 12.0 Å². The summed E-state index contributed by atoms with van der Waals surface area (Å²) in [6, 6.07) is 16.0. The topological polar surface area (TPSA) is 47.6 Å². The maximum atomic E-state index is 12.7. The van der Waals surface area contributed by atoms with E-state index in [4.69, 9.17) is 9.47 Å². The van der Waals surface area contributed by atoms with Crippen LogP contribution in [0.15, 0.2) is 54.1 Å². The van der Waals surface area contributed by atoms with E-state index in [-0.39, 0.29) is 11.3 Å². The Morgan fingerprint density at radius 2 is 1.71 bits per heavy atom. The van der Waals surface area contributed by atoms with Gasteiger partial charge in [-0.05, 0) is 49.1 Å². The average Bonchev–Trinajstić information content (AvgIpc) is 3.22. The van der Waals surface area contributed by atoms with Crippen LogP contribution in [0.25, 0.3) is 6.08 Å². The average molecular weight is 380 g/mol.